The highest BCUT2D eigenvalue weighted by Gasteiger charge is 2.09. The Morgan fingerprint density at radius 3 is 3.00 bits per heavy atom. The molecule has 16 heavy (non-hydrogen) atoms. The molecule has 1 aromatic heterocycles. The van der Waals surface area contributed by atoms with E-state index < -0.39 is 0 Å². The van der Waals surface area contributed by atoms with Crippen molar-refractivity contribution in [2.75, 3.05) is 6.54 Å². The highest BCUT2D eigenvalue weighted by atomic mass is 32.1. The molecule has 0 bridgehead atoms. The van der Waals surface area contributed by atoms with Gasteiger partial charge in [-0.05, 0) is 44.2 Å². The number of aliphatic imine (C=N–C) groups is 1. The van der Waals surface area contributed by atoms with Crippen molar-refractivity contribution in [1.82, 2.24) is 5.32 Å². The van der Waals surface area contributed by atoms with Crippen molar-refractivity contribution in [2.45, 2.75) is 32.7 Å². The minimum atomic E-state index is 0.343. The molecule has 0 unspecified atom stereocenters. The van der Waals surface area contributed by atoms with E-state index in [-0.39, 0.29) is 0 Å². The number of nitrogens with zero attached hydrogens (tertiary/aromatic N) is 1. The zero-order chi connectivity index (χ0) is 11.4. The molecule has 1 aliphatic heterocycles. The van der Waals surface area contributed by atoms with Crippen molar-refractivity contribution in [3.05, 3.63) is 34.2 Å². The summed E-state index contributed by atoms with van der Waals surface area (Å²) in [5.74, 6) is 0. The van der Waals surface area contributed by atoms with Crippen molar-refractivity contribution in [1.29, 1.82) is 0 Å². The first-order valence-electron chi connectivity index (χ1n) is 5.82. The molecule has 0 saturated carbocycles. The monoisotopic (exact) mass is 234 g/mol. The first-order chi connectivity index (χ1) is 7.75. The van der Waals surface area contributed by atoms with E-state index in [0.717, 1.165) is 18.7 Å². The number of rotatable bonds is 3. The molecule has 1 fully saturated rings. The maximum Gasteiger partial charge on any atom is 0.0766 e. The Morgan fingerprint density at radius 2 is 2.44 bits per heavy atom. The lowest BCUT2D eigenvalue weighted by molar-refractivity contribution is 0.837. The lowest BCUT2D eigenvalue weighted by Gasteiger charge is -2.04. The van der Waals surface area contributed by atoms with Gasteiger partial charge in [0.2, 0.25) is 0 Å². The van der Waals surface area contributed by atoms with Gasteiger partial charge in [-0.2, -0.15) is 0 Å². The van der Waals surface area contributed by atoms with Crippen molar-refractivity contribution in [3.63, 3.8) is 0 Å². The summed E-state index contributed by atoms with van der Waals surface area (Å²) in [6.45, 7) is 5.34. The highest BCUT2D eigenvalue weighted by Crippen LogP contribution is 2.16. The van der Waals surface area contributed by atoms with E-state index in [1.165, 1.54) is 17.0 Å². The normalized spacial score (nSPS) is 19.4. The van der Waals surface area contributed by atoms with Crippen LogP contribution in [0.4, 0.5) is 0 Å². The van der Waals surface area contributed by atoms with E-state index in [4.69, 9.17) is 4.99 Å². The van der Waals surface area contributed by atoms with Crippen LogP contribution < -0.4 is 5.32 Å². The van der Waals surface area contributed by atoms with Crippen LogP contribution in [0.3, 0.4) is 0 Å². The molecular formula is C13H18N2S. The number of nitrogens with one attached hydrogen (secondary N) is 1. The minimum absolute atomic E-state index is 0.343. The largest absolute Gasteiger partial charge is 0.388 e. The number of hydrogen-bond acceptors (Lipinski definition) is 3. The van der Waals surface area contributed by atoms with E-state index in [1.807, 2.05) is 0 Å². The van der Waals surface area contributed by atoms with Gasteiger partial charge in [0.15, 0.2) is 0 Å². The minimum Gasteiger partial charge on any atom is -0.388 e. The summed E-state index contributed by atoms with van der Waals surface area (Å²) in [6, 6.07) is 4.56. The number of hydrogen-bond donors (Lipinski definition) is 1. The fraction of sp³-hybridized carbons (Fsp3) is 0.462. The molecule has 0 atom stereocenters. The lowest BCUT2D eigenvalue weighted by Crippen LogP contribution is -2.07. The van der Waals surface area contributed by atoms with Gasteiger partial charge in [-0.3, -0.25) is 4.99 Å². The lowest BCUT2D eigenvalue weighted by atomic mass is 10.2. The van der Waals surface area contributed by atoms with E-state index >= 15 is 0 Å². The van der Waals surface area contributed by atoms with Gasteiger partial charge in [-0.25, -0.2) is 0 Å². The fourth-order valence-corrected chi connectivity index (χ4v) is 2.47. The van der Waals surface area contributed by atoms with Crippen LogP contribution in [0.1, 0.15) is 31.6 Å². The van der Waals surface area contributed by atoms with Gasteiger partial charge in [-0.15, -0.1) is 11.3 Å². The summed E-state index contributed by atoms with van der Waals surface area (Å²) in [6.07, 6.45) is 4.60. The zero-order valence-electron chi connectivity index (χ0n) is 9.86. The average molecular weight is 234 g/mol. The topological polar surface area (TPSA) is 24.4 Å². The fourth-order valence-electron chi connectivity index (χ4n) is 1.78. The predicted molar refractivity (Wildman–Crippen MR) is 71.3 cm³/mol. The van der Waals surface area contributed by atoms with Crippen molar-refractivity contribution < 1.29 is 0 Å². The third-order valence-electron chi connectivity index (χ3n) is 2.46. The third-order valence-corrected chi connectivity index (χ3v) is 3.35. The van der Waals surface area contributed by atoms with Gasteiger partial charge < -0.3 is 5.32 Å². The van der Waals surface area contributed by atoms with E-state index in [1.54, 1.807) is 11.3 Å². The zero-order valence-corrected chi connectivity index (χ0v) is 10.7. The molecule has 1 N–H and O–H groups in total. The van der Waals surface area contributed by atoms with Gasteiger partial charge in [0.1, 0.15) is 0 Å². The highest BCUT2D eigenvalue weighted by molar-refractivity contribution is 7.12. The Hall–Kier alpha value is -1.09. The van der Waals surface area contributed by atoms with Crippen molar-refractivity contribution >= 4 is 17.0 Å². The quantitative estimate of drug-likeness (QED) is 0.798. The van der Waals surface area contributed by atoms with Crippen LogP contribution in [-0.4, -0.2) is 18.3 Å². The Kier molecular flexibility index (Phi) is 3.78. The second-order valence-corrected chi connectivity index (χ2v) is 5.23. The predicted octanol–water partition coefficient (Wildman–Crippen LogP) is 3.21. The van der Waals surface area contributed by atoms with E-state index in [0.29, 0.717) is 6.04 Å². The maximum atomic E-state index is 4.69. The number of allylic oxidation sites excluding steroid dienone is 2. The Bertz CT molecular complexity index is 380. The Balaban J connectivity index is 2.25. The Labute approximate surface area is 101 Å². The molecule has 0 aromatic carbocycles. The summed E-state index contributed by atoms with van der Waals surface area (Å²) < 4.78 is 0. The molecule has 0 amide bonds. The molecule has 0 radical (unpaired) electrons. The first-order valence-corrected chi connectivity index (χ1v) is 6.70. The van der Waals surface area contributed by atoms with Crippen LogP contribution >= 0.6 is 11.3 Å². The van der Waals surface area contributed by atoms with Crippen molar-refractivity contribution in [2.24, 2.45) is 4.99 Å². The van der Waals surface area contributed by atoms with E-state index in [9.17, 15) is 0 Å². The summed E-state index contributed by atoms with van der Waals surface area (Å²) in [5, 5.41) is 5.51. The van der Waals surface area contributed by atoms with Gasteiger partial charge in [-0.1, -0.05) is 6.07 Å². The van der Waals surface area contributed by atoms with Gasteiger partial charge in [0.05, 0.1) is 10.6 Å². The van der Waals surface area contributed by atoms with Crippen molar-refractivity contribution in [3.8, 4) is 0 Å². The Morgan fingerprint density at radius 1 is 1.56 bits per heavy atom. The molecular weight excluding hydrogens is 216 g/mol. The molecule has 1 saturated heterocycles. The molecule has 2 heterocycles. The van der Waals surface area contributed by atoms with Crippen LogP contribution in [0.15, 0.2) is 34.3 Å². The molecule has 3 heteroatoms. The smallest absolute Gasteiger partial charge is 0.0766 e. The van der Waals surface area contributed by atoms with Crippen LogP contribution in [0, 0.1) is 0 Å². The molecule has 86 valence electrons. The van der Waals surface area contributed by atoms with Crippen LogP contribution in [0.25, 0.3) is 0 Å². The van der Waals surface area contributed by atoms with E-state index in [2.05, 4.69) is 42.8 Å². The molecule has 1 aliphatic rings. The van der Waals surface area contributed by atoms with Gasteiger partial charge in [0.25, 0.3) is 0 Å². The number of thiophene rings is 1. The second-order valence-electron chi connectivity index (χ2n) is 4.29. The SMILES string of the molecule is CC(C)/N=C(/C=C1/CCCN1)c1cccs1. The average Bonchev–Trinajstić information content (AvgIpc) is 2.88. The van der Waals surface area contributed by atoms with Gasteiger partial charge >= 0.3 is 0 Å². The van der Waals surface area contributed by atoms with Gasteiger partial charge in [0, 0.05) is 18.3 Å². The summed E-state index contributed by atoms with van der Waals surface area (Å²) >= 11 is 1.75. The van der Waals surface area contributed by atoms with Crippen LogP contribution in [-0.2, 0) is 0 Å². The standard InChI is InChI=1S/C13H18N2S/c1-10(2)15-12(13-6-4-8-16-13)9-11-5-3-7-14-11/h4,6,8-10,14H,3,5,7H2,1-2H3/b11-9-,15-12-. The summed E-state index contributed by atoms with van der Waals surface area (Å²) in [4.78, 5) is 5.95. The summed E-state index contributed by atoms with van der Waals surface area (Å²) in [7, 11) is 0. The summed E-state index contributed by atoms with van der Waals surface area (Å²) in [5.41, 5.74) is 2.45. The van der Waals surface area contributed by atoms with Crippen LogP contribution in [0.2, 0.25) is 0 Å². The molecule has 2 nitrogen and oxygen atoms in total. The van der Waals surface area contributed by atoms with Crippen LogP contribution in [0.5, 0.6) is 0 Å². The first kappa shape index (κ1) is 11.4. The molecule has 0 spiro atoms. The molecule has 1 aromatic rings. The maximum absolute atomic E-state index is 4.69. The second kappa shape index (κ2) is 5.30. The molecule has 2 rings (SSSR count). The third kappa shape index (κ3) is 2.95. The molecule has 0 aliphatic carbocycles.